The molecular weight excluding hydrogens is 266 g/mol. The highest BCUT2D eigenvalue weighted by atomic mass is 35.5. The summed E-state index contributed by atoms with van der Waals surface area (Å²) in [5, 5.41) is 23.2. The molecule has 0 bridgehead atoms. The zero-order chi connectivity index (χ0) is 13.9. The van der Waals surface area contributed by atoms with Crippen molar-refractivity contribution in [2.24, 2.45) is 5.92 Å². The third kappa shape index (κ3) is 3.85. The molecule has 1 aromatic carbocycles. The number of carboxylic acid groups (broad SMARTS) is 1. The standard InChI is InChI=1S/C14H18ClNO3/c15-11-2-1-3-12(8-11)16-9-14(19)6-4-10(5-7-14)13(17)18/h1-3,8,10,16,19H,4-7,9H2,(H,17,18). The summed E-state index contributed by atoms with van der Waals surface area (Å²) in [6.07, 6.45) is 2.08. The van der Waals surface area contributed by atoms with Crippen LogP contribution in [-0.2, 0) is 4.79 Å². The summed E-state index contributed by atoms with van der Waals surface area (Å²) in [7, 11) is 0. The van der Waals surface area contributed by atoms with Gasteiger partial charge in [-0.05, 0) is 43.9 Å². The summed E-state index contributed by atoms with van der Waals surface area (Å²) in [4.78, 5) is 10.9. The van der Waals surface area contributed by atoms with Gasteiger partial charge in [-0.15, -0.1) is 0 Å². The molecule has 1 aliphatic rings. The minimum atomic E-state index is -0.825. The van der Waals surface area contributed by atoms with Crippen molar-refractivity contribution in [3.8, 4) is 0 Å². The molecule has 1 aliphatic carbocycles. The lowest BCUT2D eigenvalue weighted by Crippen LogP contribution is -2.41. The minimum absolute atomic E-state index is 0.313. The predicted molar refractivity (Wildman–Crippen MR) is 74.5 cm³/mol. The van der Waals surface area contributed by atoms with Gasteiger partial charge in [0.2, 0.25) is 0 Å². The molecule has 1 fully saturated rings. The van der Waals surface area contributed by atoms with E-state index in [2.05, 4.69) is 5.32 Å². The SMILES string of the molecule is O=C(O)C1CCC(O)(CNc2cccc(Cl)c2)CC1. The van der Waals surface area contributed by atoms with Crippen LogP contribution in [0, 0.1) is 5.92 Å². The van der Waals surface area contributed by atoms with Crippen LogP contribution >= 0.6 is 11.6 Å². The van der Waals surface area contributed by atoms with E-state index < -0.39 is 11.6 Å². The second kappa shape index (κ2) is 5.80. The van der Waals surface area contributed by atoms with Gasteiger partial charge in [-0.3, -0.25) is 4.79 Å². The molecule has 0 aliphatic heterocycles. The Morgan fingerprint density at radius 3 is 2.68 bits per heavy atom. The van der Waals surface area contributed by atoms with Crippen molar-refractivity contribution >= 4 is 23.3 Å². The van der Waals surface area contributed by atoms with Gasteiger partial charge in [-0.2, -0.15) is 0 Å². The molecule has 19 heavy (non-hydrogen) atoms. The molecule has 5 heteroatoms. The van der Waals surface area contributed by atoms with E-state index in [0.717, 1.165) is 5.69 Å². The van der Waals surface area contributed by atoms with Crippen molar-refractivity contribution in [3.63, 3.8) is 0 Å². The van der Waals surface area contributed by atoms with E-state index in [-0.39, 0.29) is 5.92 Å². The van der Waals surface area contributed by atoms with Gasteiger partial charge in [0.1, 0.15) is 0 Å². The summed E-state index contributed by atoms with van der Waals surface area (Å²) < 4.78 is 0. The van der Waals surface area contributed by atoms with Crippen molar-refractivity contribution in [1.29, 1.82) is 0 Å². The van der Waals surface area contributed by atoms with Crippen LogP contribution in [0.15, 0.2) is 24.3 Å². The van der Waals surface area contributed by atoms with E-state index in [1.807, 2.05) is 12.1 Å². The number of nitrogens with one attached hydrogen (secondary N) is 1. The maximum atomic E-state index is 10.9. The van der Waals surface area contributed by atoms with Crippen LogP contribution in [0.4, 0.5) is 5.69 Å². The topological polar surface area (TPSA) is 69.6 Å². The summed E-state index contributed by atoms with van der Waals surface area (Å²) >= 11 is 5.89. The maximum absolute atomic E-state index is 10.9. The Bertz CT molecular complexity index is 456. The Hall–Kier alpha value is -1.26. The fraction of sp³-hybridized carbons (Fsp3) is 0.500. The van der Waals surface area contributed by atoms with E-state index in [4.69, 9.17) is 16.7 Å². The number of hydrogen-bond donors (Lipinski definition) is 3. The summed E-state index contributed by atoms with van der Waals surface area (Å²) in [5.74, 6) is -1.07. The lowest BCUT2D eigenvalue weighted by atomic mass is 9.79. The zero-order valence-corrected chi connectivity index (χ0v) is 11.4. The van der Waals surface area contributed by atoms with Gasteiger partial charge < -0.3 is 15.5 Å². The zero-order valence-electron chi connectivity index (χ0n) is 10.6. The van der Waals surface area contributed by atoms with Gasteiger partial charge in [0.05, 0.1) is 11.5 Å². The molecule has 3 N–H and O–H groups in total. The van der Waals surface area contributed by atoms with Crippen molar-refractivity contribution < 1.29 is 15.0 Å². The van der Waals surface area contributed by atoms with E-state index in [9.17, 15) is 9.90 Å². The monoisotopic (exact) mass is 283 g/mol. The Balaban J connectivity index is 1.88. The molecule has 1 aromatic rings. The summed E-state index contributed by atoms with van der Waals surface area (Å²) in [5.41, 5.74) is 0.0372. The van der Waals surface area contributed by atoms with E-state index in [1.165, 1.54) is 0 Å². The molecule has 0 aromatic heterocycles. The molecule has 0 atom stereocenters. The second-order valence-electron chi connectivity index (χ2n) is 5.20. The first-order valence-electron chi connectivity index (χ1n) is 6.43. The van der Waals surface area contributed by atoms with Crippen molar-refractivity contribution in [2.75, 3.05) is 11.9 Å². The molecular formula is C14H18ClNO3. The first-order valence-corrected chi connectivity index (χ1v) is 6.81. The number of carbonyl (C=O) groups is 1. The number of anilines is 1. The number of halogens is 1. The van der Waals surface area contributed by atoms with Gasteiger partial charge in [-0.25, -0.2) is 0 Å². The average molecular weight is 284 g/mol. The third-order valence-corrected chi connectivity index (χ3v) is 3.95. The second-order valence-corrected chi connectivity index (χ2v) is 5.64. The molecule has 2 rings (SSSR count). The fourth-order valence-electron chi connectivity index (χ4n) is 2.44. The number of rotatable bonds is 4. The van der Waals surface area contributed by atoms with Gasteiger partial charge in [0.25, 0.3) is 0 Å². The van der Waals surface area contributed by atoms with Crippen LogP contribution in [0.2, 0.25) is 5.02 Å². The molecule has 104 valence electrons. The van der Waals surface area contributed by atoms with Gasteiger partial charge in [-0.1, -0.05) is 17.7 Å². The largest absolute Gasteiger partial charge is 0.481 e. The van der Waals surface area contributed by atoms with Crippen LogP contribution in [0.1, 0.15) is 25.7 Å². The van der Waals surface area contributed by atoms with Gasteiger partial charge in [0, 0.05) is 17.3 Å². The Morgan fingerprint density at radius 1 is 1.42 bits per heavy atom. The number of carboxylic acids is 1. The van der Waals surface area contributed by atoms with Crippen LogP contribution in [0.25, 0.3) is 0 Å². The minimum Gasteiger partial charge on any atom is -0.481 e. The highest BCUT2D eigenvalue weighted by Gasteiger charge is 2.35. The summed E-state index contributed by atoms with van der Waals surface area (Å²) in [6.45, 7) is 0.416. The summed E-state index contributed by atoms with van der Waals surface area (Å²) in [6, 6.07) is 7.32. The average Bonchev–Trinajstić information content (AvgIpc) is 2.37. The van der Waals surface area contributed by atoms with Crippen LogP contribution in [0.5, 0.6) is 0 Å². The van der Waals surface area contributed by atoms with Crippen LogP contribution in [-0.4, -0.2) is 28.3 Å². The van der Waals surface area contributed by atoms with E-state index in [0.29, 0.717) is 37.3 Å². The fourth-order valence-corrected chi connectivity index (χ4v) is 2.63. The lowest BCUT2D eigenvalue weighted by molar-refractivity contribution is -0.144. The third-order valence-electron chi connectivity index (χ3n) is 3.71. The highest BCUT2D eigenvalue weighted by Crippen LogP contribution is 2.32. The number of hydrogen-bond acceptors (Lipinski definition) is 3. The first-order chi connectivity index (χ1) is 8.98. The Labute approximate surface area is 117 Å². The normalized spacial score (nSPS) is 26.9. The molecule has 0 spiro atoms. The number of aliphatic hydroxyl groups is 1. The van der Waals surface area contributed by atoms with Crippen LogP contribution < -0.4 is 5.32 Å². The smallest absolute Gasteiger partial charge is 0.306 e. The van der Waals surface area contributed by atoms with E-state index in [1.54, 1.807) is 12.1 Å². The number of benzene rings is 1. The Kier molecular flexibility index (Phi) is 4.32. The molecule has 0 unspecified atom stereocenters. The van der Waals surface area contributed by atoms with Crippen molar-refractivity contribution in [2.45, 2.75) is 31.3 Å². The van der Waals surface area contributed by atoms with Crippen LogP contribution in [0.3, 0.4) is 0 Å². The first kappa shape index (κ1) is 14.2. The molecule has 4 nitrogen and oxygen atoms in total. The molecule has 0 amide bonds. The van der Waals surface area contributed by atoms with E-state index >= 15 is 0 Å². The highest BCUT2D eigenvalue weighted by molar-refractivity contribution is 6.30. The van der Waals surface area contributed by atoms with Gasteiger partial charge >= 0.3 is 5.97 Å². The number of aliphatic carboxylic acids is 1. The van der Waals surface area contributed by atoms with Gasteiger partial charge in [0.15, 0.2) is 0 Å². The predicted octanol–water partition coefficient (Wildman–Crippen LogP) is 2.76. The molecule has 0 saturated heterocycles. The molecule has 0 radical (unpaired) electrons. The molecule has 1 saturated carbocycles. The Morgan fingerprint density at radius 2 is 2.11 bits per heavy atom. The van der Waals surface area contributed by atoms with Crippen molar-refractivity contribution in [1.82, 2.24) is 0 Å². The van der Waals surface area contributed by atoms with Crippen molar-refractivity contribution in [3.05, 3.63) is 29.3 Å². The maximum Gasteiger partial charge on any atom is 0.306 e. The quantitative estimate of drug-likeness (QED) is 0.795. The molecule has 0 heterocycles. The lowest BCUT2D eigenvalue weighted by Gasteiger charge is -2.35.